The van der Waals surface area contributed by atoms with Crippen LogP contribution in [0, 0.1) is 6.92 Å². The normalized spacial score (nSPS) is 19.0. The molecule has 110 valence electrons. The van der Waals surface area contributed by atoms with Gasteiger partial charge in [0.2, 0.25) is 0 Å². The third-order valence-electron chi connectivity index (χ3n) is 3.09. The molecule has 0 aromatic heterocycles. The third-order valence-corrected chi connectivity index (χ3v) is 3.09. The van der Waals surface area contributed by atoms with Gasteiger partial charge in [-0.25, -0.2) is 4.79 Å². The van der Waals surface area contributed by atoms with Gasteiger partial charge in [0.1, 0.15) is 17.5 Å². The summed E-state index contributed by atoms with van der Waals surface area (Å²) in [6.07, 6.45) is 0.629. The lowest BCUT2D eigenvalue weighted by atomic mass is 10.2. The standard InChI is InChI=1S/C16H23NO3/c1-12-6-5-7-13(10-12)19-14-8-9-17(11-14)15(18)20-16(2,3)4/h5-7,10,14H,8-9,11H2,1-4H3. The van der Waals surface area contributed by atoms with Crippen molar-refractivity contribution < 1.29 is 14.3 Å². The molecular weight excluding hydrogens is 254 g/mol. The molecule has 1 aromatic rings. The van der Waals surface area contributed by atoms with E-state index < -0.39 is 5.60 Å². The quantitative estimate of drug-likeness (QED) is 0.831. The minimum Gasteiger partial charge on any atom is -0.489 e. The van der Waals surface area contributed by atoms with E-state index in [0.717, 1.165) is 12.2 Å². The molecule has 4 heteroatoms. The fourth-order valence-electron chi connectivity index (χ4n) is 2.20. The van der Waals surface area contributed by atoms with E-state index in [1.54, 1.807) is 4.90 Å². The Labute approximate surface area is 120 Å². The van der Waals surface area contributed by atoms with E-state index in [0.29, 0.717) is 13.1 Å². The van der Waals surface area contributed by atoms with Crippen LogP contribution in [0.1, 0.15) is 32.8 Å². The first-order chi connectivity index (χ1) is 9.33. The Morgan fingerprint density at radius 2 is 2.10 bits per heavy atom. The Morgan fingerprint density at radius 1 is 1.35 bits per heavy atom. The Morgan fingerprint density at radius 3 is 2.75 bits per heavy atom. The number of ether oxygens (including phenoxy) is 2. The molecule has 1 amide bonds. The molecule has 0 N–H and O–H groups in total. The molecule has 1 aromatic carbocycles. The topological polar surface area (TPSA) is 38.8 Å². The molecule has 0 saturated carbocycles. The summed E-state index contributed by atoms with van der Waals surface area (Å²) in [5.41, 5.74) is 0.719. The van der Waals surface area contributed by atoms with Crippen molar-refractivity contribution >= 4 is 6.09 Å². The minimum atomic E-state index is -0.452. The van der Waals surface area contributed by atoms with Crippen LogP contribution in [0.2, 0.25) is 0 Å². The first kappa shape index (κ1) is 14.7. The second-order valence-electron chi connectivity index (χ2n) is 6.27. The molecule has 1 unspecified atom stereocenters. The van der Waals surface area contributed by atoms with Crippen molar-refractivity contribution in [1.82, 2.24) is 4.90 Å². The summed E-state index contributed by atoms with van der Waals surface area (Å²) in [4.78, 5) is 13.7. The van der Waals surface area contributed by atoms with E-state index in [1.165, 1.54) is 5.56 Å². The molecule has 1 aliphatic heterocycles. The number of likely N-dealkylation sites (tertiary alicyclic amines) is 1. The summed E-state index contributed by atoms with van der Waals surface area (Å²) in [6, 6.07) is 7.97. The van der Waals surface area contributed by atoms with Crippen molar-refractivity contribution in [2.24, 2.45) is 0 Å². The zero-order valence-corrected chi connectivity index (χ0v) is 12.7. The summed E-state index contributed by atoms with van der Waals surface area (Å²) in [5.74, 6) is 0.862. The van der Waals surface area contributed by atoms with Crippen molar-refractivity contribution in [2.45, 2.75) is 45.8 Å². The average Bonchev–Trinajstić information content (AvgIpc) is 2.75. The van der Waals surface area contributed by atoms with E-state index in [1.807, 2.05) is 52.0 Å². The molecule has 0 aliphatic carbocycles. The van der Waals surface area contributed by atoms with E-state index in [9.17, 15) is 4.79 Å². The van der Waals surface area contributed by atoms with Crippen molar-refractivity contribution in [3.05, 3.63) is 29.8 Å². The van der Waals surface area contributed by atoms with Gasteiger partial charge in [0, 0.05) is 13.0 Å². The predicted molar refractivity (Wildman–Crippen MR) is 78.0 cm³/mol. The number of nitrogens with zero attached hydrogens (tertiary/aromatic N) is 1. The van der Waals surface area contributed by atoms with E-state index >= 15 is 0 Å². The summed E-state index contributed by atoms with van der Waals surface area (Å²) in [6.45, 7) is 8.94. The molecule has 1 aliphatic rings. The Balaban J connectivity index is 1.88. The van der Waals surface area contributed by atoms with Crippen LogP contribution in [-0.4, -0.2) is 35.8 Å². The maximum absolute atomic E-state index is 12.0. The first-order valence-electron chi connectivity index (χ1n) is 7.05. The van der Waals surface area contributed by atoms with Gasteiger partial charge >= 0.3 is 6.09 Å². The van der Waals surface area contributed by atoms with Gasteiger partial charge in [-0.3, -0.25) is 0 Å². The van der Waals surface area contributed by atoms with Gasteiger partial charge in [0.05, 0.1) is 6.54 Å². The average molecular weight is 277 g/mol. The second kappa shape index (κ2) is 5.73. The minimum absolute atomic E-state index is 0.0457. The van der Waals surface area contributed by atoms with Gasteiger partial charge in [-0.2, -0.15) is 0 Å². The van der Waals surface area contributed by atoms with Crippen molar-refractivity contribution in [3.63, 3.8) is 0 Å². The number of carbonyl (C=O) groups excluding carboxylic acids is 1. The summed E-state index contributed by atoms with van der Waals surface area (Å²) < 4.78 is 11.3. The van der Waals surface area contributed by atoms with Gasteiger partial charge < -0.3 is 14.4 Å². The molecule has 1 atom stereocenters. The van der Waals surface area contributed by atoms with E-state index in [-0.39, 0.29) is 12.2 Å². The highest BCUT2D eigenvalue weighted by molar-refractivity contribution is 5.68. The lowest BCUT2D eigenvalue weighted by molar-refractivity contribution is 0.0275. The van der Waals surface area contributed by atoms with Crippen LogP contribution in [0.15, 0.2) is 24.3 Å². The highest BCUT2D eigenvalue weighted by atomic mass is 16.6. The van der Waals surface area contributed by atoms with Gasteiger partial charge in [-0.1, -0.05) is 12.1 Å². The highest BCUT2D eigenvalue weighted by Crippen LogP contribution is 2.21. The van der Waals surface area contributed by atoms with Gasteiger partial charge in [-0.05, 0) is 45.4 Å². The number of hydrogen-bond acceptors (Lipinski definition) is 3. The maximum atomic E-state index is 12.0. The Kier molecular flexibility index (Phi) is 4.21. The number of hydrogen-bond donors (Lipinski definition) is 0. The molecule has 0 bridgehead atoms. The van der Waals surface area contributed by atoms with Crippen molar-refractivity contribution in [3.8, 4) is 5.75 Å². The molecule has 0 spiro atoms. The van der Waals surface area contributed by atoms with Gasteiger partial charge in [-0.15, -0.1) is 0 Å². The number of rotatable bonds is 2. The second-order valence-corrected chi connectivity index (χ2v) is 6.27. The highest BCUT2D eigenvalue weighted by Gasteiger charge is 2.30. The Bertz CT molecular complexity index is 479. The molecule has 1 saturated heterocycles. The molecule has 4 nitrogen and oxygen atoms in total. The molecule has 20 heavy (non-hydrogen) atoms. The van der Waals surface area contributed by atoms with Crippen molar-refractivity contribution in [2.75, 3.05) is 13.1 Å². The summed E-state index contributed by atoms with van der Waals surface area (Å²) in [5, 5.41) is 0. The smallest absolute Gasteiger partial charge is 0.410 e. The Hall–Kier alpha value is -1.71. The van der Waals surface area contributed by atoms with E-state index in [4.69, 9.17) is 9.47 Å². The van der Waals surface area contributed by atoms with Crippen LogP contribution in [0.4, 0.5) is 4.79 Å². The van der Waals surface area contributed by atoms with Crippen LogP contribution in [0.3, 0.4) is 0 Å². The maximum Gasteiger partial charge on any atom is 0.410 e. The molecule has 2 rings (SSSR count). The zero-order valence-electron chi connectivity index (χ0n) is 12.7. The molecule has 1 heterocycles. The lowest BCUT2D eigenvalue weighted by Gasteiger charge is -2.24. The lowest BCUT2D eigenvalue weighted by Crippen LogP contribution is -2.36. The molecular formula is C16H23NO3. The number of benzene rings is 1. The molecule has 0 radical (unpaired) electrons. The zero-order chi connectivity index (χ0) is 14.8. The SMILES string of the molecule is Cc1cccc(OC2CCN(C(=O)OC(C)(C)C)C2)c1. The van der Waals surface area contributed by atoms with Gasteiger partial charge in [0.15, 0.2) is 0 Å². The largest absolute Gasteiger partial charge is 0.489 e. The fourth-order valence-corrected chi connectivity index (χ4v) is 2.20. The third kappa shape index (κ3) is 4.15. The summed E-state index contributed by atoms with van der Waals surface area (Å²) in [7, 11) is 0. The number of amides is 1. The van der Waals surface area contributed by atoms with E-state index in [2.05, 4.69) is 0 Å². The van der Waals surface area contributed by atoms with Crippen LogP contribution in [0.5, 0.6) is 5.75 Å². The number of carbonyl (C=O) groups is 1. The summed E-state index contributed by atoms with van der Waals surface area (Å²) >= 11 is 0. The first-order valence-corrected chi connectivity index (χ1v) is 7.05. The molecule has 1 fully saturated rings. The monoisotopic (exact) mass is 277 g/mol. The van der Waals surface area contributed by atoms with Crippen molar-refractivity contribution in [1.29, 1.82) is 0 Å². The number of aryl methyl sites for hydroxylation is 1. The van der Waals surface area contributed by atoms with Crippen LogP contribution >= 0.6 is 0 Å². The van der Waals surface area contributed by atoms with Crippen LogP contribution in [-0.2, 0) is 4.74 Å². The van der Waals surface area contributed by atoms with Crippen LogP contribution < -0.4 is 4.74 Å². The van der Waals surface area contributed by atoms with Gasteiger partial charge in [0.25, 0.3) is 0 Å². The predicted octanol–water partition coefficient (Wildman–Crippen LogP) is 3.38. The fraction of sp³-hybridized carbons (Fsp3) is 0.562. The van der Waals surface area contributed by atoms with Crippen LogP contribution in [0.25, 0.3) is 0 Å².